The largest absolute Gasteiger partial charge is 0.370 e. The van der Waals surface area contributed by atoms with Gasteiger partial charge in [-0.1, -0.05) is 19.3 Å². The third-order valence-electron chi connectivity index (χ3n) is 4.91. The van der Waals surface area contributed by atoms with Crippen molar-refractivity contribution in [2.45, 2.75) is 38.1 Å². The number of carbonyl (C=O) groups excluding carboxylic acids is 2. The third kappa shape index (κ3) is 3.82. The lowest BCUT2D eigenvalue weighted by Crippen LogP contribution is -2.59. The van der Waals surface area contributed by atoms with Gasteiger partial charge in [-0.3, -0.25) is 14.5 Å². The van der Waals surface area contributed by atoms with Gasteiger partial charge in [0, 0.05) is 25.0 Å². The van der Waals surface area contributed by atoms with Crippen LogP contribution in [0.15, 0.2) is 30.2 Å². The molecule has 2 aliphatic rings. The molecule has 2 fully saturated rings. The molecule has 0 aromatic carbocycles. The molecular weight excluding hydrogens is 398 g/mol. The molecule has 28 heavy (non-hydrogen) atoms. The molecule has 7 nitrogen and oxygen atoms in total. The van der Waals surface area contributed by atoms with E-state index < -0.39 is 11.8 Å². The van der Waals surface area contributed by atoms with Gasteiger partial charge in [0.15, 0.2) is 5.11 Å². The van der Waals surface area contributed by atoms with Gasteiger partial charge >= 0.3 is 0 Å². The summed E-state index contributed by atoms with van der Waals surface area (Å²) in [6.45, 7) is 3.55. The number of rotatable bonds is 5. The molecule has 0 unspecified atom stereocenters. The monoisotopic (exact) mass is 421 g/mol. The molecule has 9 heteroatoms. The number of hydrogen-bond acceptors (Lipinski definition) is 7. The molecule has 3 rings (SSSR count). The molecule has 1 aromatic heterocycles. The zero-order valence-corrected chi connectivity index (χ0v) is 17.5. The standard InChI is InChI=1S/C19H23N3O4S2/c1-12(26-25)21-17(23)15(11-14-9-10-16(28-14)20(2)3)18(24)22(19(21)27)13-7-5-4-6-8-13/h9-11,13,25H,1,4-8H2,2-3H3. The predicted octanol–water partition coefficient (Wildman–Crippen LogP) is 3.45. The summed E-state index contributed by atoms with van der Waals surface area (Å²) >= 11 is 6.87. The molecule has 1 N–H and O–H groups in total. The Balaban J connectivity index is 2.02. The number of amides is 2. The minimum Gasteiger partial charge on any atom is -0.370 e. The Morgan fingerprint density at radius 1 is 1.29 bits per heavy atom. The maximum atomic E-state index is 13.2. The van der Waals surface area contributed by atoms with Crippen LogP contribution in [0.3, 0.4) is 0 Å². The Morgan fingerprint density at radius 3 is 2.54 bits per heavy atom. The average molecular weight is 422 g/mol. The van der Waals surface area contributed by atoms with Crippen LogP contribution in [-0.4, -0.2) is 52.1 Å². The molecule has 1 aliphatic carbocycles. The summed E-state index contributed by atoms with van der Waals surface area (Å²) < 4.78 is 0. The van der Waals surface area contributed by atoms with Gasteiger partial charge in [-0.2, -0.15) is 0 Å². The Hall–Kier alpha value is -2.23. The van der Waals surface area contributed by atoms with Crippen molar-refractivity contribution in [2.24, 2.45) is 0 Å². The first-order valence-corrected chi connectivity index (χ1v) is 10.3. The second-order valence-corrected chi connectivity index (χ2v) is 8.46. The van der Waals surface area contributed by atoms with E-state index in [0.29, 0.717) is 0 Å². The van der Waals surface area contributed by atoms with E-state index in [1.807, 2.05) is 31.1 Å². The fourth-order valence-corrected chi connectivity index (χ4v) is 4.76. The summed E-state index contributed by atoms with van der Waals surface area (Å²) in [5.74, 6) is -1.39. The molecule has 0 spiro atoms. The van der Waals surface area contributed by atoms with E-state index in [2.05, 4.69) is 11.5 Å². The quantitative estimate of drug-likeness (QED) is 0.196. The van der Waals surface area contributed by atoms with Gasteiger partial charge in [0.25, 0.3) is 11.8 Å². The first kappa shape index (κ1) is 20.5. The van der Waals surface area contributed by atoms with Gasteiger partial charge in [0.1, 0.15) is 5.57 Å². The van der Waals surface area contributed by atoms with E-state index in [1.165, 1.54) is 16.2 Å². The Bertz CT molecular complexity index is 840. The normalized spacial score (nSPS) is 20.1. The van der Waals surface area contributed by atoms with Crippen molar-refractivity contribution in [2.75, 3.05) is 19.0 Å². The van der Waals surface area contributed by atoms with Gasteiger partial charge in [0.2, 0.25) is 5.88 Å². The average Bonchev–Trinajstić information content (AvgIpc) is 3.15. The Kier molecular flexibility index (Phi) is 6.17. The number of carbonyl (C=O) groups is 2. The molecule has 0 atom stereocenters. The maximum absolute atomic E-state index is 13.2. The third-order valence-corrected chi connectivity index (χ3v) is 6.49. The molecule has 1 aliphatic heterocycles. The zero-order chi connectivity index (χ0) is 20.4. The number of thiophene rings is 1. The minimum absolute atomic E-state index is 0.00161. The summed E-state index contributed by atoms with van der Waals surface area (Å²) in [5, 5.41) is 10.0. The van der Waals surface area contributed by atoms with Gasteiger partial charge in [0.05, 0.1) is 5.00 Å². The molecule has 2 heterocycles. The zero-order valence-electron chi connectivity index (χ0n) is 15.9. The van der Waals surface area contributed by atoms with Crippen LogP contribution in [0.25, 0.3) is 6.08 Å². The molecule has 2 amide bonds. The summed E-state index contributed by atoms with van der Waals surface area (Å²) in [6, 6.07) is 3.69. The van der Waals surface area contributed by atoms with Crippen LogP contribution < -0.4 is 4.90 Å². The number of anilines is 1. The first-order valence-electron chi connectivity index (χ1n) is 9.06. The molecule has 1 aromatic rings. The first-order chi connectivity index (χ1) is 13.3. The highest BCUT2D eigenvalue weighted by Crippen LogP contribution is 2.32. The van der Waals surface area contributed by atoms with E-state index in [9.17, 15) is 9.59 Å². The topological polar surface area (TPSA) is 73.3 Å². The number of thiocarbonyl (C=S) groups is 1. The van der Waals surface area contributed by atoms with Crippen molar-refractivity contribution >= 4 is 51.6 Å². The van der Waals surface area contributed by atoms with Crippen LogP contribution in [0, 0.1) is 0 Å². The summed E-state index contributed by atoms with van der Waals surface area (Å²) in [4.78, 5) is 35.6. The molecule has 0 radical (unpaired) electrons. The highest BCUT2D eigenvalue weighted by atomic mass is 32.1. The summed E-state index contributed by atoms with van der Waals surface area (Å²) in [7, 11) is 3.85. The lowest BCUT2D eigenvalue weighted by molar-refractivity contribution is -0.219. The number of hydrogen-bond donors (Lipinski definition) is 1. The van der Waals surface area contributed by atoms with Crippen molar-refractivity contribution in [1.29, 1.82) is 0 Å². The van der Waals surface area contributed by atoms with Crippen molar-refractivity contribution in [3.8, 4) is 0 Å². The summed E-state index contributed by atoms with van der Waals surface area (Å²) in [6.07, 6.45) is 6.31. The lowest BCUT2D eigenvalue weighted by Gasteiger charge is -2.41. The van der Waals surface area contributed by atoms with E-state index in [-0.39, 0.29) is 22.6 Å². The van der Waals surface area contributed by atoms with E-state index in [4.69, 9.17) is 17.5 Å². The van der Waals surface area contributed by atoms with E-state index in [1.54, 1.807) is 6.08 Å². The van der Waals surface area contributed by atoms with Crippen molar-refractivity contribution in [3.63, 3.8) is 0 Å². The van der Waals surface area contributed by atoms with E-state index >= 15 is 0 Å². The van der Waals surface area contributed by atoms with Gasteiger partial charge in [-0.25, -0.2) is 10.2 Å². The highest BCUT2D eigenvalue weighted by Gasteiger charge is 2.44. The smallest absolute Gasteiger partial charge is 0.272 e. The van der Waals surface area contributed by atoms with Crippen LogP contribution in [0.1, 0.15) is 37.0 Å². The molecule has 1 saturated heterocycles. The lowest BCUT2D eigenvalue weighted by atomic mass is 9.93. The SMILES string of the molecule is C=C(OO)N1C(=O)C(=Cc2ccc(N(C)C)s2)C(=O)N(C2CCCCC2)C1=S. The molecule has 150 valence electrons. The fourth-order valence-electron chi connectivity index (χ4n) is 3.47. The maximum Gasteiger partial charge on any atom is 0.272 e. The molecule has 0 bridgehead atoms. The summed E-state index contributed by atoms with van der Waals surface area (Å²) in [5.41, 5.74) is -0.0236. The van der Waals surface area contributed by atoms with Gasteiger partial charge < -0.3 is 9.79 Å². The second-order valence-electron chi connectivity index (χ2n) is 7.00. The van der Waals surface area contributed by atoms with Crippen LogP contribution in [0.2, 0.25) is 0 Å². The van der Waals surface area contributed by atoms with Gasteiger partial charge in [-0.15, -0.1) is 11.3 Å². The van der Waals surface area contributed by atoms with E-state index in [0.717, 1.165) is 46.9 Å². The Morgan fingerprint density at radius 2 is 1.96 bits per heavy atom. The van der Waals surface area contributed by atoms with Crippen molar-refractivity contribution < 1.29 is 19.7 Å². The second kappa shape index (κ2) is 8.42. The fraction of sp³-hybridized carbons (Fsp3) is 0.421. The predicted molar refractivity (Wildman–Crippen MR) is 113 cm³/mol. The minimum atomic E-state index is -0.652. The number of nitrogens with zero attached hydrogens (tertiary/aromatic N) is 3. The highest BCUT2D eigenvalue weighted by molar-refractivity contribution is 7.80. The van der Waals surface area contributed by atoms with Crippen molar-refractivity contribution in [3.05, 3.63) is 35.0 Å². The van der Waals surface area contributed by atoms with Gasteiger partial charge in [-0.05, 0) is 49.8 Å². The van der Waals surface area contributed by atoms with Crippen molar-refractivity contribution in [1.82, 2.24) is 9.80 Å². The van der Waals surface area contributed by atoms with Crippen LogP contribution in [0.4, 0.5) is 5.00 Å². The molecule has 1 saturated carbocycles. The molecular formula is C19H23N3O4S2. The Labute approximate surface area is 173 Å². The van der Waals surface area contributed by atoms with Crippen LogP contribution in [-0.2, 0) is 14.5 Å². The van der Waals surface area contributed by atoms with Crippen LogP contribution >= 0.6 is 23.6 Å². The van der Waals surface area contributed by atoms with Crippen LogP contribution in [0.5, 0.6) is 0 Å².